The van der Waals surface area contributed by atoms with Crippen LogP contribution in [0.5, 0.6) is 0 Å². The number of aliphatic hydroxyl groups excluding tert-OH is 1. The number of amides is 1. The van der Waals surface area contributed by atoms with Crippen molar-refractivity contribution in [2.75, 3.05) is 19.7 Å². The first kappa shape index (κ1) is 17.7. The molecule has 1 aromatic rings. The Kier molecular flexibility index (Phi) is 6.81. The molecule has 2 N–H and O–H groups in total. The Bertz CT molecular complexity index is 527. The lowest BCUT2D eigenvalue weighted by atomic mass is 9.91. The van der Waals surface area contributed by atoms with Gasteiger partial charge in [-0.1, -0.05) is 43.3 Å². The maximum atomic E-state index is 12.2. The number of hydrogen-bond donors (Lipinski definition) is 2. The van der Waals surface area contributed by atoms with Gasteiger partial charge in [0.25, 0.3) is 0 Å². The molecular formula is C19H28N2O2. The fourth-order valence-electron chi connectivity index (χ4n) is 3.12. The maximum absolute atomic E-state index is 12.2. The lowest BCUT2D eigenvalue weighted by Gasteiger charge is -2.38. The third-order valence-electron chi connectivity index (χ3n) is 4.51. The van der Waals surface area contributed by atoms with Crippen molar-refractivity contribution in [2.45, 2.75) is 39.3 Å². The first-order valence-corrected chi connectivity index (χ1v) is 8.48. The third-order valence-corrected chi connectivity index (χ3v) is 4.51. The first-order chi connectivity index (χ1) is 11.1. The molecule has 0 aliphatic carbocycles. The molecule has 126 valence electrons. The second kappa shape index (κ2) is 8.85. The van der Waals surface area contributed by atoms with Crippen LogP contribution in [0.25, 0.3) is 0 Å². The van der Waals surface area contributed by atoms with Crippen molar-refractivity contribution in [1.82, 2.24) is 10.2 Å². The van der Waals surface area contributed by atoms with Crippen molar-refractivity contribution in [3.05, 3.63) is 47.5 Å². The number of piperidine rings is 1. The van der Waals surface area contributed by atoms with E-state index in [4.69, 9.17) is 0 Å². The monoisotopic (exact) mass is 316 g/mol. The second-order valence-electron chi connectivity index (χ2n) is 6.33. The number of aliphatic hydroxyl groups is 1. The highest BCUT2D eigenvalue weighted by Gasteiger charge is 2.30. The van der Waals surface area contributed by atoms with Crippen LogP contribution in [0.1, 0.15) is 32.3 Å². The Hall–Kier alpha value is -1.65. The van der Waals surface area contributed by atoms with Gasteiger partial charge in [-0.2, -0.15) is 0 Å². The maximum Gasteiger partial charge on any atom is 0.246 e. The minimum absolute atomic E-state index is 0.00479. The number of carbonyl (C=O) groups excluding carboxylic acids is 1. The van der Waals surface area contributed by atoms with Crippen LogP contribution in [0.2, 0.25) is 0 Å². The largest absolute Gasteiger partial charge is 0.396 e. The zero-order chi connectivity index (χ0) is 16.7. The van der Waals surface area contributed by atoms with Gasteiger partial charge in [-0.25, -0.2) is 0 Å². The van der Waals surface area contributed by atoms with E-state index in [1.54, 1.807) is 0 Å². The highest BCUT2D eigenvalue weighted by Crippen LogP contribution is 2.20. The minimum atomic E-state index is -0.0168. The molecule has 0 bridgehead atoms. The Morgan fingerprint density at radius 2 is 2.13 bits per heavy atom. The smallest absolute Gasteiger partial charge is 0.246 e. The molecule has 1 amide bonds. The average Bonchev–Trinajstić information content (AvgIpc) is 2.56. The van der Waals surface area contributed by atoms with E-state index in [0.29, 0.717) is 0 Å². The molecule has 1 aromatic carbocycles. The zero-order valence-corrected chi connectivity index (χ0v) is 14.2. The van der Waals surface area contributed by atoms with Crippen molar-refractivity contribution in [2.24, 2.45) is 5.92 Å². The van der Waals surface area contributed by atoms with Gasteiger partial charge in [0.1, 0.15) is 0 Å². The van der Waals surface area contributed by atoms with E-state index >= 15 is 0 Å². The van der Waals surface area contributed by atoms with Crippen LogP contribution in [-0.4, -0.2) is 41.7 Å². The van der Waals surface area contributed by atoms with Crippen molar-refractivity contribution in [1.29, 1.82) is 0 Å². The van der Waals surface area contributed by atoms with Gasteiger partial charge in [-0.05, 0) is 31.9 Å². The van der Waals surface area contributed by atoms with E-state index < -0.39 is 0 Å². The van der Waals surface area contributed by atoms with Gasteiger partial charge in [-0.15, -0.1) is 0 Å². The molecule has 0 radical (unpaired) electrons. The van der Waals surface area contributed by atoms with Gasteiger partial charge in [0.15, 0.2) is 0 Å². The summed E-state index contributed by atoms with van der Waals surface area (Å²) in [6.45, 7) is 6.62. The molecule has 1 fully saturated rings. The predicted octanol–water partition coefficient (Wildman–Crippen LogP) is 2.34. The summed E-state index contributed by atoms with van der Waals surface area (Å²) in [7, 11) is 0. The normalized spacial score (nSPS) is 22.8. The second-order valence-corrected chi connectivity index (χ2v) is 6.33. The first-order valence-electron chi connectivity index (χ1n) is 8.48. The molecule has 0 aromatic heterocycles. The van der Waals surface area contributed by atoms with Crippen LogP contribution in [0.15, 0.2) is 42.0 Å². The molecular weight excluding hydrogens is 288 g/mol. The van der Waals surface area contributed by atoms with Gasteiger partial charge >= 0.3 is 0 Å². The van der Waals surface area contributed by atoms with Crippen molar-refractivity contribution >= 4 is 5.91 Å². The summed E-state index contributed by atoms with van der Waals surface area (Å²) in [4.78, 5) is 14.6. The number of hydrogen-bond acceptors (Lipinski definition) is 3. The Balaban J connectivity index is 1.98. The van der Waals surface area contributed by atoms with E-state index in [0.717, 1.165) is 38.0 Å². The number of nitrogens with zero attached hydrogens (tertiary/aromatic N) is 1. The summed E-state index contributed by atoms with van der Waals surface area (Å²) in [6, 6.07) is 10.4. The Morgan fingerprint density at radius 1 is 1.39 bits per heavy atom. The van der Waals surface area contributed by atoms with E-state index in [1.165, 1.54) is 5.56 Å². The summed E-state index contributed by atoms with van der Waals surface area (Å²) in [6.07, 6.45) is 3.70. The molecule has 2 unspecified atom stereocenters. The minimum Gasteiger partial charge on any atom is -0.396 e. The number of likely N-dealkylation sites (tertiary alicyclic amines) is 1. The molecule has 1 heterocycles. The van der Waals surface area contributed by atoms with Gasteiger partial charge < -0.3 is 10.4 Å². The highest BCUT2D eigenvalue weighted by atomic mass is 16.3. The quantitative estimate of drug-likeness (QED) is 0.792. The lowest BCUT2D eigenvalue weighted by Crippen LogP contribution is -2.53. The van der Waals surface area contributed by atoms with Gasteiger partial charge in [0.05, 0.1) is 0 Å². The standard InChI is InChI=1S/C19H28N2O2/c1-3-7-15(2)19(23)20-18-13-21(11-10-17(18)14-22)12-16-8-5-4-6-9-16/h4-9,17-18,22H,3,10-14H2,1-2H3,(H,20,23)/b15-7-. The zero-order valence-electron chi connectivity index (χ0n) is 14.2. The van der Waals surface area contributed by atoms with E-state index in [1.807, 2.05) is 38.1 Å². The number of nitrogens with one attached hydrogen (secondary N) is 1. The summed E-state index contributed by atoms with van der Waals surface area (Å²) < 4.78 is 0. The average molecular weight is 316 g/mol. The van der Waals surface area contributed by atoms with Crippen molar-refractivity contribution in [3.8, 4) is 0 Å². The summed E-state index contributed by atoms with van der Waals surface area (Å²) in [5, 5.41) is 12.7. The molecule has 1 aliphatic heterocycles. The lowest BCUT2D eigenvalue weighted by molar-refractivity contribution is -0.119. The molecule has 23 heavy (non-hydrogen) atoms. The molecule has 1 aliphatic rings. The third kappa shape index (κ3) is 5.19. The molecule has 0 saturated carbocycles. The summed E-state index contributed by atoms with van der Waals surface area (Å²) in [5.74, 6) is 0.122. The van der Waals surface area contributed by atoms with Crippen LogP contribution < -0.4 is 5.32 Å². The Morgan fingerprint density at radius 3 is 2.78 bits per heavy atom. The van der Waals surface area contributed by atoms with E-state index in [-0.39, 0.29) is 24.5 Å². The molecule has 1 saturated heterocycles. The molecule has 4 nitrogen and oxygen atoms in total. The number of rotatable bonds is 6. The number of carbonyl (C=O) groups is 1. The number of benzene rings is 1. The highest BCUT2D eigenvalue weighted by molar-refractivity contribution is 5.92. The van der Waals surface area contributed by atoms with Crippen molar-refractivity contribution < 1.29 is 9.90 Å². The molecule has 4 heteroatoms. The van der Waals surface area contributed by atoms with Crippen LogP contribution in [0, 0.1) is 5.92 Å². The summed E-state index contributed by atoms with van der Waals surface area (Å²) >= 11 is 0. The van der Waals surface area contributed by atoms with Gasteiger partial charge in [-0.3, -0.25) is 9.69 Å². The molecule has 2 atom stereocenters. The van der Waals surface area contributed by atoms with E-state index in [2.05, 4.69) is 22.3 Å². The van der Waals surface area contributed by atoms with Crippen LogP contribution in [-0.2, 0) is 11.3 Å². The SMILES string of the molecule is CC/C=C(/C)C(=O)NC1CN(Cc2ccccc2)CCC1CO. The number of allylic oxidation sites excluding steroid dienone is 1. The van der Waals surface area contributed by atoms with Crippen LogP contribution >= 0.6 is 0 Å². The topological polar surface area (TPSA) is 52.6 Å². The summed E-state index contributed by atoms with van der Waals surface area (Å²) in [5.41, 5.74) is 2.03. The molecule has 0 spiro atoms. The predicted molar refractivity (Wildman–Crippen MR) is 92.9 cm³/mol. The van der Waals surface area contributed by atoms with Gasteiger partial charge in [0.2, 0.25) is 5.91 Å². The van der Waals surface area contributed by atoms with Crippen LogP contribution in [0.3, 0.4) is 0 Å². The molecule has 2 rings (SSSR count). The van der Waals surface area contributed by atoms with Crippen LogP contribution in [0.4, 0.5) is 0 Å². The fraction of sp³-hybridized carbons (Fsp3) is 0.526. The Labute approximate surface area is 139 Å². The van der Waals surface area contributed by atoms with Gasteiger partial charge in [0, 0.05) is 37.2 Å². The van der Waals surface area contributed by atoms with Crippen molar-refractivity contribution in [3.63, 3.8) is 0 Å². The fourth-order valence-corrected chi connectivity index (χ4v) is 3.12. The van der Waals surface area contributed by atoms with E-state index in [9.17, 15) is 9.90 Å².